The third-order valence-corrected chi connectivity index (χ3v) is 6.01. The topological polar surface area (TPSA) is 89.0 Å². The molecule has 4 rings (SSSR count). The summed E-state index contributed by atoms with van der Waals surface area (Å²) in [4.78, 5) is 26.4. The first kappa shape index (κ1) is 23.4. The van der Waals surface area contributed by atoms with Gasteiger partial charge in [0.2, 0.25) is 5.95 Å². The molecule has 0 saturated carbocycles. The Morgan fingerprint density at radius 1 is 1.09 bits per heavy atom. The molecule has 9 heteroatoms. The summed E-state index contributed by atoms with van der Waals surface area (Å²) in [6, 6.07) is 10.8. The lowest BCUT2D eigenvalue weighted by Crippen LogP contribution is -2.28. The van der Waals surface area contributed by atoms with Gasteiger partial charge in [-0.2, -0.15) is 4.98 Å². The van der Waals surface area contributed by atoms with Crippen LogP contribution in [0, 0.1) is 0 Å². The normalized spacial score (nSPS) is 14.2. The minimum Gasteiger partial charge on any atom is -0.381 e. The van der Waals surface area contributed by atoms with Crippen molar-refractivity contribution < 1.29 is 9.53 Å². The fourth-order valence-corrected chi connectivity index (χ4v) is 4.26. The molecule has 1 aliphatic heterocycles. The second-order valence-electron chi connectivity index (χ2n) is 7.82. The number of hydrogen-bond acceptors (Lipinski definition) is 7. The summed E-state index contributed by atoms with van der Waals surface area (Å²) in [7, 11) is 0. The van der Waals surface area contributed by atoms with Gasteiger partial charge in [0.05, 0.1) is 15.6 Å². The largest absolute Gasteiger partial charge is 0.381 e. The molecule has 7 nitrogen and oxygen atoms in total. The highest BCUT2D eigenvalue weighted by atomic mass is 35.5. The Balaban J connectivity index is 1.49. The first-order valence-electron chi connectivity index (χ1n) is 10.9. The van der Waals surface area contributed by atoms with Gasteiger partial charge in [-0.1, -0.05) is 36.2 Å². The van der Waals surface area contributed by atoms with Gasteiger partial charge in [0.25, 0.3) is 0 Å². The highest BCUT2D eigenvalue weighted by Crippen LogP contribution is 2.26. The standard InChI is InChI=1S/C24H25Cl2N5O2/c1-2-16-14-22(31-24(28-16)29-17-7-10-33-11-8-17)30-21-13-15(6-9-27-21)12-20(32)23-18(25)4-3-5-19(23)26/h3-6,9,13-14,17H,2,7-8,10-12H2,1H3,(H2,27,28,29,30,31). The van der Waals surface area contributed by atoms with Gasteiger partial charge in [-0.15, -0.1) is 0 Å². The maximum Gasteiger partial charge on any atom is 0.225 e. The van der Waals surface area contributed by atoms with Gasteiger partial charge >= 0.3 is 0 Å². The molecule has 0 spiro atoms. The average molecular weight is 486 g/mol. The molecule has 0 bridgehead atoms. The zero-order valence-corrected chi connectivity index (χ0v) is 19.8. The van der Waals surface area contributed by atoms with E-state index in [1.807, 2.05) is 12.1 Å². The van der Waals surface area contributed by atoms with Crippen LogP contribution in [0.5, 0.6) is 0 Å². The van der Waals surface area contributed by atoms with Crippen LogP contribution < -0.4 is 10.6 Å². The van der Waals surface area contributed by atoms with E-state index >= 15 is 0 Å². The molecule has 0 aliphatic carbocycles. The molecule has 1 saturated heterocycles. The van der Waals surface area contributed by atoms with Crippen molar-refractivity contribution in [2.24, 2.45) is 0 Å². The number of ether oxygens (including phenoxy) is 1. The van der Waals surface area contributed by atoms with Crippen LogP contribution >= 0.6 is 23.2 Å². The number of Topliss-reactive ketones (excluding diaryl/α,β-unsaturated/α-hetero) is 1. The lowest BCUT2D eigenvalue weighted by atomic mass is 10.0. The Morgan fingerprint density at radius 2 is 1.85 bits per heavy atom. The lowest BCUT2D eigenvalue weighted by molar-refractivity contribution is 0.0903. The molecule has 0 atom stereocenters. The molecule has 1 aliphatic rings. The summed E-state index contributed by atoms with van der Waals surface area (Å²) >= 11 is 12.4. The minimum absolute atomic E-state index is 0.152. The Labute approximate surface area is 202 Å². The molecular formula is C24H25Cl2N5O2. The van der Waals surface area contributed by atoms with E-state index in [1.54, 1.807) is 30.5 Å². The van der Waals surface area contributed by atoms with Crippen LogP contribution in [0.2, 0.25) is 10.0 Å². The van der Waals surface area contributed by atoms with Crippen molar-refractivity contribution in [2.75, 3.05) is 23.8 Å². The van der Waals surface area contributed by atoms with E-state index in [0.717, 1.165) is 43.7 Å². The van der Waals surface area contributed by atoms with Crippen LogP contribution in [0.25, 0.3) is 0 Å². The van der Waals surface area contributed by atoms with Crippen molar-refractivity contribution in [1.82, 2.24) is 15.0 Å². The third kappa shape index (κ3) is 6.19. The molecule has 2 aromatic heterocycles. The maximum atomic E-state index is 12.8. The number of rotatable bonds is 8. The summed E-state index contributed by atoms with van der Waals surface area (Å²) in [5, 5.41) is 7.35. The lowest BCUT2D eigenvalue weighted by Gasteiger charge is -2.23. The van der Waals surface area contributed by atoms with Crippen LogP contribution in [0.4, 0.5) is 17.6 Å². The van der Waals surface area contributed by atoms with Crippen molar-refractivity contribution >= 4 is 46.6 Å². The van der Waals surface area contributed by atoms with Crippen LogP contribution in [0.3, 0.4) is 0 Å². The van der Waals surface area contributed by atoms with E-state index in [1.165, 1.54) is 0 Å². The van der Waals surface area contributed by atoms with Gasteiger partial charge in [-0.3, -0.25) is 4.79 Å². The molecular weight excluding hydrogens is 461 g/mol. The summed E-state index contributed by atoms with van der Waals surface area (Å²) in [5.74, 6) is 1.66. The molecule has 0 amide bonds. The van der Waals surface area contributed by atoms with Crippen molar-refractivity contribution in [3.05, 3.63) is 69.5 Å². The number of ketones is 1. The maximum absolute atomic E-state index is 12.8. The van der Waals surface area contributed by atoms with Crippen LogP contribution in [0.15, 0.2) is 42.6 Å². The van der Waals surface area contributed by atoms with Crippen LogP contribution in [-0.2, 0) is 17.6 Å². The fraction of sp³-hybridized carbons (Fsp3) is 0.333. The van der Waals surface area contributed by atoms with Crippen LogP contribution in [-0.4, -0.2) is 40.0 Å². The number of hydrogen-bond donors (Lipinski definition) is 2. The molecule has 1 fully saturated rings. The number of pyridine rings is 1. The molecule has 33 heavy (non-hydrogen) atoms. The third-order valence-electron chi connectivity index (χ3n) is 5.38. The number of benzene rings is 1. The van der Waals surface area contributed by atoms with E-state index in [-0.39, 0.29) is 12.2 Å². The number of carbonyl (C=O) groups is 1. The molecule has 0 radical (unpaired) electrons. The summed E-state index contributed by atoms with van der Waals surface area (Å²) in [5.41, 5.74) is 2.04. The first-order chi connectivity index (χ1) is 16.0. The molecule has 1 aromatic carbocycles. The second kappa shape index (κ2) is 10.9. The van der Waals surface area contributed by atoms with Gasteiger partial charge in [-0.05, 0) is 49.1 Å². The minimum atomic E-state index is -0.152. The van der Waals surface area contributed by atoms with E-state index in [0.29, 0.717) is 39.2 Å². The zero-order valence-electron chi connectivity index (χ0n) is 18.3. The van der Waals surface area contributed by atoms with Gasteiger partial charge < -0.3 is 15.4 Å². The highest BCUT2D eigenvalue weighted by molar-refractivity contribution is 6.39. The SMILES string of the molecule is CCc1cc(Nc2cc(CC(=O)c3c(Cl)cccc3Cl)ccn2)nc(NC2CCOCC2)n1. The van der Waals surface area contributed by atoms with E-state index in [4.69, 9.17) is 27.9 Å². The fourth-order valence-electron chi connectivity index (χ4n) is 3.65. The van der Waals surface area contributed by atoms with E-state index in [9.17, 15) is 4.79 Å². The molecule has 3 aromatic rings. The molecule has 2 N–H and O–H groups in total. The Bertz CT molecular complexity index is 1120. The predicted octanol–water partition coefficient (Wildman–Crippen LogP) is 5.50. The Morgan fingerprint density at radius 3 is 2.58 bits per heavy atom. The number of aromatic nitrogens is 3. The second-order valence-corrected chi connectivity index (χ2v) is 8.64. The Hall–Kier alpha value is -2.74. The predicted molar refractivity (Wildman–Crippen MR) is 131 cm³/mol. The van der Waals surface area contributed by atoms with Crippen molar-refractivity contribution in [2.45, 2.75) is 38.6 Å². The van der Waals surface area contributed by atoms with E-state index < -0.39 is 0 Å². The van der Waals surface area contributed by atoms with Gasteiger partial charge in [0, 0.05) is 43.6 Å². The average Bonchev–Trinajstić information content (AvgIpc) is 2.79. The van der Waals surface area contributed by atoms with Gasteiger partial charge in [-0.25, -0.2) is 9.97 Å². The summed E-state index contributed by atoms with van der Waals surface area (Å²) in [6.07, 6.45) is 4.44. The quantitative estimate of drug-likeness (QED) is 0.407. The van der Waals surface area contributed by atoms with Gasteiger partial charge in [0.15, 0.2) is 5.78 Å². The number of anilines is 3. The van der Waals surface area contributed by atoms with Crippen molar-refractivity contribution in [3.8, 4) is 0 Å². The highest BCUT2D eigenvalue weighted by Gasteiger charge is 2.17. The number of nitrogens with zero attached hydrogens (tertiary/aromatic N) is 3. The first-order valence-corrected chi connectivity index (χ1v) is 11.7. The smallest absolute Gasteiger partial charge is 0.225 e. The number of halogens is 2. The van der Waals surface area contributed by atoms with Gasteiger partial charge in [0.1, 0.15) is 11.6 Å². The molecule has 0 unspecified atom stereocenters. The molecule has 172 valence electrons. The van der Waals surface area contributed by atoms with Crippen LogP contribution in [0.1, 0.15) is 41.4 Å². The Kier molecular flexibility index (Phi) is 7.75. The van der Waals surface area contributed by atoms with Crippen molar-refractivity contribution in [3.63, 3.8) is 0 Å². The monoisotopic (exact) mass is 485 g/mol. The summed E-state index contributed by atoms with van der Waals surface area (Å²) < 4.78 is 5.42. The van der Waals surface area contributed by atoms with Crippen molar-refractivity contribution in [1.29, 1.82) is 0 Å². The zero-order chi connectivity index (χ0) is 23.2. The number of nitrogens with one attached hydrogen (secondary N) is 2. The number of carbonyl (C=O) groups excluding carboxylic acids is 1. The molecule has 3 heterocycles. The number of aryl methyl sites for hydroxylation is 1. The summed E-state index contributed by atoms with van der Waals surface area (Å²) in [6.45, 7) is 3.53. The van der Waals surface area contributed by atoms with E-state index in [2.05, 4.69) is 32.5 Å².